The van der Waals surface area contributed by atoms with Crippen LogP contribution in [0.4, 0.5) is 0 Å². The molecule has 1 saturated heterocycles. The van der Waals surface area contributed by atoms with Crippen molar-refractivity contribution in [3.63, 3.8) is 0 Å². The zero-order valence-electron chi connectivity index (χ0n) is 17.4. The van der Waals surface area contributed by atoms with E-state index in [2.05, 4.69) is 57.2 Å². The van der Waals surface area contributed by atoms with Crippen molar-refractivity contribution in [3.8, 4) is 11.4 Å². The van der Waals surface area contributed by atoms with Gasteiger partial charge < -0.3 is 20.1 Å². The summed E-state index contributed by atoms with van der Waals surface area (Å²) in [4.78, 5) is 27.0. The lowest BCUT2D eigenvalue weighted by molar-refractivity contribution is -0.135. The van der Waals surface area contributed by atoms with Crippen LogP contribution in [0.15, 0.2) is 48.9 Å². The topological polar surface area (TPSA) is 117 Å². The van der Waals surface area contributed by atoms with Crippen LogP contribution in [0, 0.1) is 5.92 Å². The first-order chi connectivity index (χ1) is 14.3. The first-order valence-corrected chi connectivity index (χ1v) is 9.77. The Morgan fingerprint density at radius 2 is 1.80 bits per heavy atom. The number of carboxylic acid groups (broad SMARTS) is 2. The predicted molar refractivity (Wildman–Crippen MR) is 115 cm³/mol. The summed E-state index contributed by atoms with van der Waals surface area (Å²) in [6.45, 7) is 6.63. The Kier molecular flexibility index (Phi) is 8.49. The SMILES string of the molecule is CC(=O)O.CC(=O)O.C[C@@H]1CNCC[C@H]1n1ccnc1-c1ccc2ncccc2c1. The molecule has 0 amide bonds. The van der Waals surface area contributed by atoms with Crippen molar-refractivity contribution in [2.45, 2.75) is 33.2 Å². The van der Waals surface area contributed by atoms with E-state index >= 15 is 0 Å². The van der Waals surface area contributed by atoms with Crippen LogP contribution in [0.3, 0.4) is 0 Å². The number of hydrogen-bond acceptors (Lipinski definition) is 5. The molecule has 1 aromatic carbocycles. The second kappa shape index (κ2) is 11.1. The summed E-state index contributed by atoms with van der Waals surface area (Å²) in [5, 5.41) is 19.5. The summed E-state index contributed by atoms with van der Waals surface area (Å²) in [7, 11) is 0. The molecule has 8 nitrogen and oxygen atoms in total. The van der Waals surface area contributed by atoms with E-state index in [4.69, 9.17) is 19.8 Å². The van der Waals surface area contributed by atoms with Crippen LogP contribution >= 0.6 is 0 Å². The minimum atomic E-state index is -0.833. The number of imidazole rings is 1. The summed E-state index contributed by atoms with van der Waals surface area (Å²) in [6.07, 6.45) is 7.02. The summed E-state index contributed by atoms with van der Waals surface area (Å²) in [6, 6.07) is 11.0. The average molecular weight is 412 g/mol. The summed E-state index contributed by atoms with van der Waals surface area (Å²) in [5.41, 5.74) is 2.19. The molecule has 0 spiro atoms. The largest absolute Gasteiger partial charge is 0.481 e. The molecule has 3 aromatic rings. The molecule has 0 saturated carbocycles. The van der Waals surface area contributed by atoms with E-state index in [1.54, 1.807) is 0 Å². The quantitative estimate of drug-likeness (QED) is 0.590. The van der Waals surface area contributed by atoms with Gasteiger partial charge in [-0.2, -0.15) is 0 Å². The zero-order chi connectivity index (χ0) is 22.1. The van der Waals surface area contributed by atoms with Gasteiger partial charge in [-0.15, -0.1) is 0 Å². The van der Waals surface area contributed by atoms with Crippen LogP contribution < -0.4 is 5.32 Å². The lowest BCUT2D eigenvalue weighted by Crippen LogP contribution is -2.36. The van der Waals surface area contributed by atoms with Gasteiger partial charge in [0.15, 0.2) is 0 Å². The van der Waals surface area contributed by atoms with Crippen molar-refractivity contribution >= 4 is 22.8 Å². The maximum Gasteiger partial charge on any atom is 0.300 e. The van der Waals surface area contributed by atoms with Gasteiger partial charge in [0.1, 0.15) is 5.82 Å². The fourth-order valence-corrected chi connectivity index (χ4v) is 3.43. The lowest BCUT2D eigenvalue weighted by Gasteiger charge is -2.31. The average Bonchev–Trinajstić information content (AvgIpc) is 3.17. The van der Waals surface area contributed by atoms with Gasteiger partial charge in [0.2, 0.25) is 0 Å². The minimum Gasteiger partial charge on any atom is -0.481 e. The van der Waals surface area contributed by atoms with Crippen molar-refractivity contribution in [2.75, 3.05) is 13.1 Å². The highest BCUT2D eigenvalue weighted by Gasteiger charge is 2.24. The van der Waals surface area contributed by atoms with Crippen LogP contribution in [0.5, 0.6) is 0 Å². The van der Waals surface area contributed by atoms with Gasteiger partial charge in [-0.3, -0.25) is 14.6 Å². The Balaban J connectivity index is 0.000000347. The highest BCUT2D eigenvalue weighted by molar-refractivity contribution is 5.83. The molecule has 1 aliphatic heterocycles. The normalized spacial score (nSPS) is 17.8. The van der Waals surface area contributed by atoms with E-state index in [0.29, 0.717) is 12.0 Å². The Morgan fingerprint density at radius 1 is 1.10 bits per heavy atom. The fraction of sp³-hybridized carbons (Fsp3) is 0.364. The minimum absolute atomic E-state index is 0.517. The highest BCUT2D eigenvalue weighted by Crippen LogP contribution is 2.30. The van der Waals surface area contributed by atoms with Crippen LogP contribution in [0.1, 0.15) is 33.2 Å². The molecule has 1 fully saturated rings. The summed E-state index contributed by atoms with van der Waals surface area (Å²) in [5.74, 6) is 0.00771. The number of pyridine rings is 1. The monoisotopic (exact) mass is 412 g/mol. The van der Waals surface area contributed by atoms with Gasteiger partial charge in [-0.1, -0.05) is 13.0 Å². The van der Waals surface area contributed by atoms with E-state index in [9.17, 15) is 0 Å². The number of aliphatic carboxylic acids is 2. The number of nitrogens with one attached hydrogen (secondary N) is 1. The first-order valence-electron chi connectivity index (χ1n) is 9.77. The molecular formula is C22H28N4O4. The van der Waals surface area contributed by atoms with Gasteiger partial charge in [0.25, 0.3) is 11.9 Å². The first kappa shape index (κ1) is 23.0. The number of hydrogen-bond donors (Lipinski definition) is 3. The molecule has 2 aromatic heterocycles. The van der Waals surface area contributed by atoms with Gasteiger partial charge in [0, 0.05) is 49.4 Å². The molecule has 0 radical (unpaired) electrons. The number of piperidine rings is 1. The van der Waals surface area contributed by atoms with Crippen LogP contribution in [0.25, 0.3) is 22.3 Å². The fourth-order valence-electron chi connectivity index (χ4n) is 3.43. The second-order valence-corrected chi connectivity index (χ2v) is 7.14. The van der Waals surface area contributed by atoms with E-state index in [1.807, 2.05) is 18.5 Å². The van der Waals surface area contributed by atoms with Crippen LogP contribution in [-0.2, 0) is 9.59 Å². The number of carbonyl (C=O) groups is 2. The lowest BCUT2D eigenvalue weighted by atomic mass is 9.94. The third kappa shape index (κ3) is 6.66. The number of rotatable bonds is 2. The molecular weight excluding hydrogens is 384 g/mol. The molecule has 2 atom stereocenters. The van der Waals surface area contributed by atoms with Crippen LogP contribution in [0.2, 0.25) is 0 Å². The van der Waals surface area contributed by atoms with Gasteiger partial charge in [-0.25, -0.2) is 4.98 Å². The Bertz CT molecular complexity index is 966. The standard InChI is InChI=1S/C18H20N4.2C2H4O2/c1-13-12-19-8-6-17(13)22-10-9-21-18(22)15-4-5-16-14(11-15)3-2-7-20-16;2*1-2(3)4/h2-5,7,9-11,13,17,19H,6,8,12H2,1H3;2*1H3,(H,3,4)/t13-,17-;;/m1../s1. The molecule has 30 heavy (non-hydrogen) atoms. The molecule has 0 unspecified atom stereocenters. The molecule has 3 N–H and O–H groups in total. The van der Waals surface area contributed by atoms with Crippen molar-refractivity contribution in [2.24, 2.45) is 5.92 Å². The number of aromatic nitrogens is 3. The third-order valence-corrected chi connectivity index (χ3v) is 4.63. The number of nitrogens with zero attached hydrogens (tertiary/aromatic N) is 3. The van der Waals surface area contributed by atoms with Crippen molar-refractivity contribution in [1.29, 1.82) is 0 Å². The molecule has 160 valence electrons. The molecule has 0 bridgehead atoms. The van der Waals surface area contributed by atoms with Crippen LogP contribution in [-0.4, -0.2) is 49.8 Å². The molecule has 3 heterocycles. The number of carboxylic acids is 2. The number of fused-ring (bicyclic) bond motifs is 1. The third-order valence-electron chi connectivity index (χ3n) is 4.63. The number of benzene rings is 1. The Morgan fingerprint density at radius 3 is 2.47 bits per heavy atom. The molecule has 8 heteroatoms. The van der Waals surface area contributed by atoms with Crippen molar-refractivity contribution < 1.29 is 19.8 Å². The predicted octanol–water partition coefficient (Wildman–Crippen LogP) is 3.45. The zero-order valence-corrected chi connectivity index (χ0v) is 17.4. The highest BCUT2D eigenvalue weighted by atomic mass is 16.4. The van der Waals surface area contributed by atoms with E-state index in [0.717, 1.165) is 55.6 Å². The summed E-state index contributed by atoms with van der Waals surface area (Å²) < 4.78 is 2.35. The Labute approximate surface area is 175 Å². The molecule has 1 aliphatic rings. The summed E-state index contributed by atoms with van der Waals surface area (Å²) >= 11 is 0. The molecule has 4 rings (SSSR count). The maximum atomic E-state index is 9.00. The smallest absolute Gasteiger partial charge is 0.300 e. The van der Waals surface area contributed by atoms with Crippen molar-refractivity contribution in [3.05, 3.63) is 48.9 Å². The van der Waals surface area contributed by atoms with Gasteiger partial charge in [0.05, 0.1) is 5.52 Å². The second-order valence-electron chi connectivity index (χ2n) is 7.14. The maximum absolute atomic E-state index is 9.00. The van der Waals surface area contributed by atoms with E-state index in [-0.39, 0.29) is 0 Å². The van der Waals surface area contributed by atoms with Gasteiger partial charge in [-0.05, 0) is 49.7 Å². The molecule has 0 aliphatic carbocycles. The van der Waals surface area contributed by atoms with Gasteiger partial charge >= 0.3 is 0 Å². The Hall–Kier alpha value is -3.26. The van der Waals surface area contributed by atoms with E-state index < -0.39 is 11.9 Å². The van der Waals surface area contributed by atoms with Crippen molar-refractivity contribution in [1.82, 2.24) is 19.9 Å². The van der Waals surface area contributed by atoms with E-state index in [1.165, 1.54) is 0 Å².